The molecular formula is C9H4ClF3O2S. The van der Waals surface area contributed by atoms with Crippen LogP contribution >= 0.6 is 11.6 Å². The second kappa shape index (κ2) is 3.24. The zero-order chi connectivity index (χ0) is 12.1. The van der Waals surface area contributed by atoms with Crippen LogP contribution < -0.4 is 0 Å². The average molecular weight is 269 g/mol. The van der Waals surface area contributed by atoms with Crippen LogP contribution in [0.3, 0.4) is 0 Å². The van der Waals surface area contributed by atoms with Crippen LogP contribution in [-0.2, 0) is 16.0 Å². The molecule has 0 saturated heterocycles. The van der Waals surface area contributed by atoms with Crippen LogP contribution in [0.1, 0.15) is 11.1 Å². The molecule has 0 radical (unpaired) electrons. The second-order valence-corrected chi connectivity index (χ2v) is 5.34. The van der Waals surface area contributed by atoms with E-state index in [1.807, 2.05) is 0 Å². The Morgan fingerprint density at radius 1 is 1.19 bits per heavy atom. The molecule has 0 aromatic heterocycles. The first-order valence-electron chi connectivity index (χ1n) is 4.06. The van der Waals surface area contributed by atoms with Crippen molar-refractivity contribution in [3.8, 4) is 0 Å². The zero-order valence-corrected chi connectivity index (χ0v) is 9.12. The number of alkyl halides is 3. The lowest BCUT2D eigenvalue weighted by Gasteiger charge is -2.11. The zero-order valence-electron chi connectivity index (χ0n) is 7.55. The van der Waals surface area contributed by atoms with E-state index in [1.165, 1.54) is 6.08 Å². The normalized spacial score (nSPS) is 17.5. The number of rotatable bonds is 0. The predicted molar refractivity (Wildman–Crippen MR) is 52.7 cm³/mol. The number of fused-ring (bicyclic) bond motifs is 1. The van der Waals surface area contributed by atoms with Crippen LogP contribution in [0.5, 0.6) is 0 Å². The van der Waals surface area contributed by atoms with Gasteiger partial charge in [0.15, 0.2) is 0 Å². The molecule has 0 N–H and O–H groups in total. The monoisotopic (exact) mass is 268 g/mol. The maximum Gasteiger partial charge on any atom is 0.417 e. The van der Waals surface area contributed by atoms with E-state index >= 15 is 0 Å². The van der Waals surface area contributed by atoms with Gasteiger partial charge in [0.05, 0.1) is 15.5 Å². The number of halogens is 4. The minimum Gasteiger partial charge on any atom is -0.219 e. The molecule has 0 aliphatic carbocycles. The molecule has 0 atom stereocenters. The van der Waals surface area contributed by atoms with Crippen LogP contribution in [0.2, 0.25) is 5.02 Å². The smallest absolute Gasteiger partial charge is 0.219 e. The largest absolute Gasteiger partial charge is 0.417 e. The number of sulfone groups is 1. The number of benzene rings is 1. The maximum absolute atomic E-state index is 12.5. The minimum absolute atomic E-state index is 0.179. The number of hydrogen-bond donors (Lipinski definition) is 0. The van der Waals surface area contributed by atoms with Gasteiger partial charge in [-0.25, -0.2) is 8.42 Å². The molecule has 0 bridgehead atoms. The molecule has 1 aliphatic rings. The molecule has 2 rings (SSSR count). The molecule has 0 spiro atoms. The maximum atomic E-state index is 12.5. The predicted octanol–water partition coefficient (Wildman–Crippen LogP) is 3.12. The van der Waals surface area contributed by atoms with Crippen molar-refractivity contribution in [1.29, 1.82) is 0 Å². The quantitative estimate of drug-likeness (QED) is 0.724. The minimum atomic E-state index is -4.66. The Kier molecular flexibility index (Phi) is 2.32. The van der Waals surface area contributed by atoms with Crippen molar-refractivity contribution in [1.82, 2.24) is 0 Å². The standard InChI is InChI=1S/C9H4ClF3O2S/c10-7-6(9(11,12)13)2-1-5-3-4-16(14,15)8(5)7/h1-4H. The van der Waals surface area contributed by atoms with E-state index in [4.69, 9.17) is 11.6 Å². The molecule has 86 valence electrons. The summed E-state index contributed by atoms with van der Waals surface area (Å²) in [6.45, 7) is 0. The van der Waals surface area contributed by atoms with Gasteiger partial charge in [0, 0.05) is 5.41 Å². The van der Waals surface area contributed by atoms with Crippen molar-refractivity contribution < 1.29 is 21.6 Å². The van der Waals surface area contributed by atoms with E-state index < -0.39 is 31.5 Å². The highest BCUT2D eigenvalue weighted by molar-refractivity contribution is 7.95. The Balaban J connectivity index is 2.78. The Morgan fingerprint density at radius 3 is 2.38 bits per heavy atom. The molecule has 2 nitrogen and oxygen atoms in total. The molecule has 0 amide bonds. The summed E-state index contributed by atoms with van der Waals surface area (Å²) in [6.07, 6.45) is -3.44. The van der Waals surface area contributed by atoms with E-state index in [2.05, 4.69) is 0 Å². The van der Waals surface area contributed by atoms with Crippen molar-refractivity contribution >= 4 is 27.5 Å². The van der Waals surface area contributed by atoms with Crippen molar-refractivity contribution in [3.05, 3.63) is 33.7 Å². The highest BCUT2D eigenvalue weighted by Crippen LogP contribution is 2.41. The third-order valence-electron chi connectivity index (χ3n) is 2.14. The van der Waals surface area contributed by atoms with E-state index in [9.17, 15) is 21.6 Å². The second-order valence-electron chi connectivity index (χ2n) is 3.19. The van der Waals surface area contributed by atoms with Crippen molar-refractivity contribution in [2.75, 3.05) is 0 Å². The summed E-state index contributed by atoms with van der Waals surface area (Å²) < 4.78 is 60.2. The van der Waals surface area contributed by atoms with E-state index in [-0.39, 0.29) is 5.56 Å². The summed E-state index contributed by atoms with van der Waals surface area (Å²) in [7, 11) is -3.83. The molecular weight excluding hydrogens is 265 g/mol. The van der Waals surface area contributed by atoms with E-state index in [0.717, 1.165) is 17.5 Å². The molecule has 7 heteroatoms. The third-order valence-corrected chi connectivity index (χ3v) is 4.15. The molecule has 0 fully saturated rings. The fourth-order valence-electron chi connectivity index (χ4n) is 1.44. The van der Waals surface area contributed by atoms with Gasteiger partial charge < -0.3 is 0 Å². The van der Waals surface area contributed by atoms with Gasteiger partial charge in [0.2, 0.25) is 9.84 Å². The van der Waals surface area contributed by atoms with Crippen LogP contribution in [0.4, 0.5) is 13.2 Å². The SMILES string of the molecule is O=S1(=O)C=Cc2ccc(C(F)(F)F)c(Cl)c21. The van der Waals surface area contributed by atoms with Gasteiger partial charge in [-0.1, -0.05) is 17.7 Å². The molecule has 1 aromatic carbocycles. The van der Waals surface area contributed by atoms with Gasteiger partial charge in [0.1, 0.15) is 0 Å². The average Bonchev–Trinajstić information content (AvgIpc) is 2.41. The van der Waals surface area contributed by atoms with Gasteiger partial charge in [0.25, 0.3) is 0 Å². The first kappa shape index (κ1) is 11.5. The Labute approximate surface area is 94.3 Å². The van der Waals surface area contributed by atoms with Crippen molar-refractivity contribution in [2.45, 2.75) is 11.1 Å². The number of hydrogen-bond acceptors (Lipinski definition) is 2. The molecule has 1 aromatic rings. The van der Waals surface area contributed by atoms with Gasteiger partial charge in [-0.3, -0.25) is 0 Å². The lowest BCUT2D eigenvalue weighted by molar-refractivity contribution is -0.137. The summed E-state index contributed by atoms with van der Waals surface area (Å²) in [4.78, 5) is -0.469. The van der Waals surface area contributed by atoms with Crippen LogP contribution in [0.15, 0.2) is 22.4 Å². The van der Waals surface area contributed by atoms with Gasteiger partial charge in [-0.2, -0.15) is 13.2 Å². The summed E-state index contributed by atoms with van der Waals surface area (Å²) >= 11 is 5.48. The van der Waals surface area contributed by atoms with Gasteiger partial charge >= 0.3 is 6.18 Å². The lowest BCUT2D eigenvalue weighted by atomic mass is 10.1. The van der Waals surface area contributed by atoms with Crippen LogP contribution in [-0.4, -0.2) is 8.42 Å². The van der Waals surface area contributed by atoms with Crippen molar-refractivity contribution in [2.24, 2.45) is 0 Å². The molecule has 0 unspecified atom stereocenters. The van der Waals surface area contributed by atoms with E-state index in [0.29, 0.717) is 0 Å². The highest BCUT2D eigenvalue weighted by atomic mass is 35.5. The summed E-state index contributed by atoms with van der Waals surface area (Å²) in [5.74, 6) is 0. The fourth-order valence-corrected chi connectivity index (χ4v) is 3.33. The third kappa shape index (κ3) is 1.62. The Hall–Kier alpha value is -1.01. The fraction of sp³-hybridized carbons (Fsp3) is 0.111. The first-order chi connectivity index (χ1) is 7.23. The summed E-state index contributed by atoms with van der Waals surface area (Å²) in [5.41, 5.74) is -0.960. The summed E-state index contributed by atoms with van der Waals surface area (Å²) in [5, 5.41) is 0.0685. The highest BCUT2D eigenvalue weighted by Gasteiger charge is 2.37. The van der Waals surface area contributed by atoms with Crippen LogP contribution in [0, 0.1) is 0 Å². The lowest BCUT2D eigenvalue weighted by Crippen LogP contribution is -2.08. The van der Waals surface area contributed by atoms with Crippen LogP contribution in [0.25, 0.3) is 6.08 Å². The Bertz CT molecular complexity index is 588. The molecule has 0 saturated carbocycles. The molecule has 1 heterocycles. The first-order valence-corrected chi connectivity index (χ1v) is 5.99. The van der Waals surface area contributed by atoms with Gasteiger partial charge in [-0.15, -0.1) is 0 Å². The molecule has 16 heavy (non-hydrogen) atoms. The topological polar surface area (TPSA) is 34.1 Å². The summed E-state index contributed by atoms with van der Waals surface area (Å²) in [6, 6.07) is 1.86. The Morgan fingerprint density at radius 2 is 1.81 bits per heavy atom. The van der Waals surface area contributed by atoms with E-state index in [1.54, 1.807) is 0 Å². The van der Waals surface area contributed by atoms with Gasteiger partial charge in [-0.05, 0) is 17.7 Å². The van der Waals surface area contributed by atoms with Crippen molar-refractivity contribution in [3.63, 3.8) is 0 Å². The molecule has 1 aliphatic heterocycles.